The molecule has 0 saturated carbocycles. The molecule has 0 saturated heterocycles. The van der Waals surface area contributed by atoms with Gasteiger partial charge in [0.15, 0.2) is 5.13 Å². The van der Waals surface area contributed by atoms with Crippen molar-refractivity contribution in [2.75, 3.05) is 12.4 Å². The van der Waals surface area contributed by atoms with Crippen molar-refractivity contribution >= 4 is 22.3 Å². The largest absolute Gasteiger partial charge is 0.479 e. The molecule has 0 unspecified atom stereocenters. The lowest BCUT2D eigenvalue weighted by Gasteiger charge is -2.23. The van der Waals surface area contributed by atoms with Crippen LogP contribution in [-0.2, 0) is 18.4 Å². The second-order valence-corrected chi connectivity index (χ2v) is 9.88. The van der Waals surface area contributed by atoms with E-state index in [9.17, 15) is 0 Å². The fraction of sp³-hybridized carbons (Fsp3) is 0.391. The number of nitrogens with zero attached hydrogens (tertiary/aromatic N) is 6. The van der Waals surface area contributed by atoms with E-state index in [0.717, 1.165) is 53.0 Å². The van der Waals surface area contributed by atoms with Gasteiger partial charge in [-0.1, -0.05) is 0 Å². The molecule has 0 spiro atoms. The third-order valence-corrected chi connectivity index (χ3v) is 6.32. The van der Waals surface area contributed by atoms with Gasteiger partial charge in [-0.15, -0.1) is 11.3 Å². The van der Waals surface area contributed by atoms with Crippen molar-refractivity contribution in [1.82, 2.24) is 29.3 Å². The quantitative estimate of drug-likeness (QED) is 0.467. The predicted molar refractivity (Wildman–Crippen MR) is 126 cm³/mol. The van der Waals surface area contributed by atoms with Crippen molar-refractivity contribution in [3.8, 4) is 23.0 Å². The van der Waals surface area contributed by atoms with Crippen LogP contribution in [0.1, 0.15) is 44.1 Å². The van der Waals surface area contributed by atoms with Crippen molar-refractivity contribution in [3.05, 3.63) is 47.0 Å². The lowest BCUT2D eigenvalue weighted by molar-refractivity contribution is 0.358. The number of fused-ring (bicyclic) bond motifs is 1. The number of ether oxygens (including phenoxy) is 1. The molecule has 0 aliphatic heterocycles. The van der Waals surface area contributed by atoms with Crippen molar-refractivity contribution in [2.45, 2.75) is 52.5 Å². The average molecular weight is 450 g/mol. The molecule has 32 heavy (non-hydrogen) atoms. The molecule has 1 aliphatic rings. The maximum atomic E-state index is 5.56. The Morgan fingerprint density at radius 2 is 1.97 bits per heavy atom. The van der Waals surface area contributed by atoms with Gasteiger partial charge >= 0.3 is 0 Å². The highest BCUT2D eigenvalue weighted by Crippen LogP contribution is 2.36. The van der Waals surface area contributed by atoms with E-state index in [1.165, 1.54) is 11.3 Å². The Bertz CT molecular complexity index is 1280. The molecular weight excluding hydrogens is 422 g/mol. The minimum Gasteiger partial charge on any atom is -0.479 e. The second-order valence-electron chi connectivity index (χ2n) is 9.02. The number of aryl methyl sites for hydroxylation is 2. The van der Waals surface area contributed by atoms with Gasteiger partial charge in [-0.05, 0) is 59.1 Å². The van der Waals surface area contributed by atoms with Gasteiger partial charge in [0.05, 0.1) is 36.1 Å². The lowest BCUT2D eigenvalue weighted by atomic mass is 10.1. The van der Waals surface area contributed by atoms with Crippen molar-refractivity contribution in [3.63, 3.8) is 0 Å². The zero-order chi connectivity index (χ0) is 22.5. The number of pyridine rings is 1. The molecule has 0 aromatic carbocycles. The van der Waals surface area contributed by atoms with Crippen LogP contribution in [0, 0.1) is 6.92 Å². The van der Waals surface area contributed by atoms with E-state index in [1.807, 2.05) is 35.2 Å². The average Bonchev–Trinajstić information content (AvgIpc) is 3.52. The van der Waals surface area contributed by atoms with Gasteiger partial charge < -0.3 is 14.6 Å². The summed E-state index contributed by atoms with van der Waals surface area (Å²) in [5, 5.41) is 11.3. The molecular formula is C23H27N7OS. The summed E-state index contributed by atoms with van der Waals surface area (Å²) in [6.45, 7) is 8.48. The van der Waals surface area contributed by atoms with Crippen LogP contribution in [0.25, 0.3) is 17.1 Å². The van der Waals surface area contributed by atoms with Crippen LogP contribution in [-0.4, -0.2) is 36.4 Å². The number of hydrogen-bond donors (Lipinski definition) is 1. The SMILES string of the molecule is COc1nc(-c2csc(Nc3c4c(nn3C(C)(C)C)CCC4)n2)ccc1-n1cnc(C)c1. The fourth-order valence-corrected chi connectivity index (χ4v) is 4.73. The molecule has 0 fully saturated rings. The monoisotopic (exact) mass is 449 g/mol. The number of methoxy groups -OCH3 is 1. The van der Waals surface area contributed by atoms with E-state index in [0.29, 0.717) is 5.88 Å². The highest BCUT2D eigenvalue weighted by Gasteiger charge is 2.28. The van der Waals surface area contributed by atoms with Crippen LogP contribution in [0.3, 0.4) is 0 Å². The first-order chi connectivity index (χ1) is 15.3. The molecule has 8 nitrogen and oxygen atoms in total. The number of imidazole rings is 1. The van der Waals surface area contributed by atoms with Crippen LogP contribution in [0.5, 0.6) is 5.88 Å². The molecule has 1 N–H and O–H groups in total. The van der Waals surface area contributed by atoms with Crippen LogP contribution in [0.15, 0.2) is 30.0 Å². The van der Waals surface area contributed by atoms with E-state index >= 15 is 0 Å². The Balaban J connectivity index is 1.45. The smallest absolute Gasteiger partial charge is 0.238 e. The zero-order valence-electron chi connectivity index (χ0n) is 19.0. The number of aromatic nitrogens is 6. The maximum Gasteiger partial charge on any atom is 0.238 e. The number of rotatable bonds is 5. The highest BCUT2D eigenvalue weighted by atomic mass is 32.1. The summed E-state index contributed by atoms with van der Waals surface area (Å²) in [7, 11) is 1.63. The zero-order valence-corrected chi connectivity index (χ0v) is 19.8. The Morgan fingerprint density at radius 3 is 2.69 bits per heavy atom. The Morgan fingerprint density at radius 1 is 1.12 bits per heavy atom. The molecule has 166 valence electrons. The Labute approximate surface area is 191 Å². The van der Waals surface area contributed by atoms with Gasteiger partial charge in [0.1, 0.15) is 17.2 Å². The van der Waals surface area contributed by atoms with Crippen LogP contribution >= 0.6 is 11.3 Å². The first kappa shape index (κ1) is 20.7. The molecule has 0 amide bonds. The fourth-order valence-electron chi connectivity index (χ4n) is 4.03. The summed E-state index contributed by atoms with van der Waals surface area (Å²) >= 11 is 1.57. The number of nitrogens with one attached hydrogen (secondary N) is 1. The maximum absolute atomic E-state index is 5.56. The van der Waals surface area contributed by atoms with Crippen LogP contribution < -0.4 is 10.1 Å². The van der Waals surface area contributed by atoms with Gasteiger partial charge in [-0.2, -0.15) is 5.10 Å². The molecule has 4 aromatic heterocycles. The predicted octanol–water partition coefficient (Wildman–Crippen LogP) is 4.89. The molecule has 0 atom stereocenters. The minimum atomic E-state index is -0.108. The molecule has 5 rings (SSSR count). The molecule has 9 heteroatoms. The van der Waals surface area contributed by atoms with E-state index in [-0.39, 0.29) is 5.54 Å². The molecule has 0 bridgehead atoms. The summed E-state index contributed by atoms with van der Waals surface area (Å²) < 4.78 is 9.56. The van der Waals surface area contributed by atoms with E-state index in [1.54, 1.807) is 24.8 Å². The Hall–Kier alpha value is -3.20. The van der Waals surface area contributed by atoms with E-state index in [4.69, 9.17) is 19.8 Å². The van der Waals surface area contributed by atoms with Gasteiger partial charge in [-0.3, -0.25) is 0 Å². The van der Waals surface area contributed by atoms with Crippen molar-refractivity contribution in [1.29, 1.82) is 0 Å². The molecule has 0 radical (unpaired) electrons. The van der Waals surface area contributed by atoms with E-state index in [2.05, 4.69) is 35.8 Å². The normalized spacial score (nSPS) is 13.4. The van der Waals surface area contributed by atoms with Crippen molar-refractivity contribution in [2.24, 2.45) is 0 Å². The number of thiazole rings is 1. The molecule has 4 aromatic rings. The van der Waals surface area contributed by atoms with Crippen molar-refractivity contribution < 1.29 is 4.74 Å². The number of hydrogen-bond acceptors (Lipinski definition) is 7. The summed E-state index contributed by atoms with van der Waals surface area (Å²) in [4.78, 5) is 13.8. The van der Waals surface area contributed by atoms with Crippen LogP contribution in [0.4, 0.5) is 10.9 Å². The molecule has 1 aliphatic carbocycles. The summed E-state index contributed by atoms with van der Waals surface area (Å²) in [6.07, 6.45) is 6.96. The second kappa shape index (κ2) is 7.74. The lowest BCUT2D eigenvalue weighted by Crippen LogP contribution is -2.25. The minimum absolute atomic E-state index is 0.108. The summed E-state index contributed by atoms with van der Waals surface area (Å²) in [5.41, 5.74) is 5.77. The van der Waals surface area contributed by atoms with Gasteiger partial charge in [0.25, 0.3) is 0 Å². The third-order valence-electron chi connectivity index (χ3n) is 5.56. The van der Waals surface area contributed by atoms with Gasteiger partial charge in [0.2, 0.25) is 5.88 Å². The third kappa shape index (κ3) is 3.66. The number of anilines is 2. The molecule has 4 heterocycles. The highest BCUT2D eigenvalue weighted by molar-refractivity contribution is 7.14. The standard InChI is InChI=1S/C23H27N7OS/c1-14-11-29(13-24-14)19-10-9-17(25-21(19)31-5)18-12-32-22(26-18)27-20-15-7-6-8-16(15)28-30(20)23(2,3)4/h9-13H,6-8H2,1-5H3,(H,26,27). The Kier molecular flexibility index (Phi) is 5.00. The van der Waals surface area contributed by atoms with E-state index < -0.39 is 0 Å². The van der Waals surface area contributed by atoms with Crippen LogP contribution in [0.2, 0.25) is 0 Å². The first-order valence-electron chi connectivity index (χ1n) is 10.7. The topological polar surface area (TPSA) is 82.7 Å². The van der Waals surface area contributed by atoms with Gasteiger partial charge in [-0.25, -0.2) is 19.6 Å². The first-order valence-corrected chi connectivity index (χ1v) is 11.6. The van der Waals surface area contributed by atoms with Gasteiger partial charge in [0, 0.05) is 17.1 Å². The summed E-state index contributed by atoms with van der Waals surface area (Å²) in [6, 6.07) is 3.94. The summed E-state index contributed by atoms with van der Waals surface area (Å²) in [5.74, 6) is 1.59.